The summed E-state index contributed by atoms with van der Waals surface area (Å²) in [6, 6.07) is 11.2. The van der Waals surface area contributed by atoms with Crippen LogP contribution in [0, 0.1) is 0 Å². The van der Waals surface area contributed by atoms with Crippen molar-refractivity contribution in [2.75, 3.05) is 6.54 Å². The second-order valence-corrected chi connectivity index (χ2v) is 6.37. The molecule has 7 nitrogen and oxygen atoms in total. The molecule has 3 aromatic rings. The fourth-order valence-corrected chi connectivity index (χ4v) is 2.94. The SMILES string of the molecule is C[C@@H](O)CNCc1ccnc2c1c(=O)n(Cc1ccccc1)c(=O)n2C. The lowest BCUT2D eigenvalue weighted by molar-refractivity contribution is 0.191. The summed E-state index contributed by atoms with van der Waals surface area (Å²) in [5.74, 6) is 0. The van der Waals surface area contributed by atoms with Gasteiger partial charge < -0.3 is 10.4 Å². The minimum absolute atomic E-state index is 0.206. The Morgan fingerprint density at radius 3 is 2.62 bits per heavy atom. The second-order valence-electron chi connectivity index (χ2n) is 6.37. The first-order chi connectivity index (χ1) is 12.5. The van der Waals surface area contributed by atoms with Crippen LogP contribution >= 0.6 is 0 Å². The number of hydrogen-bond donors (Lipinski definition) is 2. The van der Waals surface area contributed by atoms with Gasteiger partial charge in [-0.3, -0.25) is 13.9 Å². The Balaban J connectivity index is 2.12. The van der Waals surface area contributed by atoms with E-state index in [2.05, 4.69) is 10.3 Å². The summed E-state index contributed by atoms with van der Waals surface area (Å²) in [5, 5.41) is 12.9. The largest absolute Gasteiger partial charge is 0.392 e. The average Bonchev–Trinajstić information content (AvgIpc) is 2.64. The average molecular weight is 354 g/mol. The molecule has 26 heavy (non-hydrogen) atoms. The molecule has 3 rings (SSSR count). The second kappa shape index (κ2) is 7.63. The number of rotatable bonds is 6. The predicted molar refractivity (Wildman–Crippen MR) is 100 cm³/mol. The lowest BCUT2D eigenvalue weighted by Gasteiger charge is -2.13. The van der Waals surface area contributed by atoms with Crippen LogP contribution in [0.3, 0.4) is 0 Å². The first kappa shape index (κ1) is 18.0. The van der Waals surface area contributed by atoms with Crippen LogP contribution in [-0.2, 0) is 20.1 Å². The van der Waals surface area contributed by atoms with Crippen LogP contribution < -0.4 is 16.6 Å². The van der Waals surface area contributed by atoms with Crippen molar-refractivity contribution in [1.82, 2.24) is 19.4 Å². The number of nitrogens with one attached hydrogen (secondary N) is 1. The van der Waals surface area contributed by atoms with Crippen molar-refractivity contribution >= 4 is 11.0 Å². The molecule has 0 aliphatic heterocycles. The zero-order valence-electron chi connectivity index (χ0n) is 14.8. The summed E-state index contributed by atoms with van der Waals surface area (Å²) >= 11 is 0. The quantitative estimate of drug-likeness (QED) is 0.677. The molecule has 7 heteroatoms. The zero-order chi connectivity index (χ0) is 18.7. The van der Waals surface area contributed by atoms with E-state index >= 15 is 0 Å². The Hall–Kier alpha value is -2.77. The third kappa shape index (κ3) is 3.58. The highest BCUT2D eigenvalue weighted by molar-refractivity contribution is 5.77. The van der Waals surface area contributed by atoms with Gasteiger partial charge in [0.05, 0.1) is 18.0 Å². The minimum atomic E-state index is -0.484. The maximum atomic E-state index is 13.1. The summed E-state index contributed by atoms with van der Waals surface area (Å²) in [4.78, 5) is 29.9. The van der Waals surface area contributed by atoms with E-state index in [1.807, 2.05) is 30.3 Å². The van der Waals surface area contributed by atoms with Gasteiger partial charge in [0.25, 0.3) is 5.56 Å². The van der Waals surface area contributed by atoms with E-state index in [4.69, 9.17) is 0 Å². The van der Waals surface area contributed by atoms with Crippen LogP contribution in [0.2, 0.25) is 0 Å². The molecule has 1 atom stereocenters. The fourth-order valence-electron chi connectivity index (χ4n) is 2.94. The minimum Gasteiger partial charge on any atom is -0.392 e. The van der Waals surface area contributed by atoms with Gasteiger partial charge in [-0.05, 0) is 24.1 Å². The van der Waals surface area contributed by atoms with Crippen LogP contribution in [0.15, 0.2) is 52.2 Å². The number of aryl methyl sites for hydroxylation is 1. The Bertz CT molecular complexity index is 1020. The number of fused-ring (bicyclic) bond motifs is 1. The lowest BCUT2D eigenvalue weighted by Crippen LogP contribution is -2.40. The van der Waals surface area contributed by atoms with Crippen molar-refractivity contribution in [3.05, 3.63) is 74.6 Å². The molecule has 2 aromatic heterocycles. The summed E-state index contributed by atoms with van der Waals surface area (Å²) in [7, 11) is 1.62. The van der Waals surface area contributed by atoms with Crippen LogP contribution in [-0.4, -0.2) is 31.9 Å². The highest BCUT2D eigenvalue weighted by Gasteiger charge is 2.15. The molecule has 0 radical (unpaired) electrons. The predicted octanol–water partition coefficient (Wildman–Crippen LogP) is 0.614. The fraction of sp³-hybridized carbons (Fsp3) is 0.316. The molecule has 0 bridgehead atoms. The van der Waals surface area contributed by atoms with Gasteiger partial charge in [0.1, 0.15) is 5.65 Å². The Labute approximate surface area is 150 Å². The van der Waals surface area contributed by atoms with Gasteiger partial charge >= 0.3 is 5.69 Å². The molecular weight excluding hydrogens is 332 g/mol. The van der Waals surface area contributed by atoms with Gasteiger partial charge in [0.2, 0.25) is 0 Å². The standard InChI is InChI=1S/C19H22N4O3/c1-13(24)10-20-11-15-8-9-21-17-16(15)18(25)23(19(26)22(17)2)12-14-6-4-3-5-7-14/h3-9,13,20,24H,10-12H2,1-2H3/t13-/m1/s1. The van der Waals surface area contributed by atoms with Gasteiger partial charge in [0.15, 0.2) is 0 Å². The topological polar surface area (TPSA) is 89.2 Å². The van der Waals surface area contributed by atoms with Gasteiger partial charge in [-0.1, -0.05) is 30.3 Å². The highest BCUT2D eigenvalue weighted by atomic mass is 16.3. The maximum absolute atomic E-state index is 13.1. The van der Waals surface area contributed by atoms with Crippen LogP contribution in [0.25, 0.3) is 11.0 Å². The zero-order valence-corrected chi connectivity index (χ0v) is 14.8. The summed E-state index contributed by atoms with van der Waals surface area (Å²) in [6.45, 7) is 2.71. The van der Waals surface area contributed by atoms with Crippen molar-refractivity contribution in [3.8, 4) is 0 Å². The monoisotopic (exact) mass is 354 g/mol. The molecule has 0 amide bonds. The Morgan fingerprint density at radius 1 is 1.19 bits per heavy atom. The molecule has 136 valence electrons. The van der Waals surface area contributed by atoms with Crippen molar-refractivity contribution in [1.29, 1.82) is 0 Å². The molecule has 0 unspecified atom stereocenters. The van der Waals surface area contributed by atoms with Gasteiger partial charge in [-0.25, -0.2) is 9.78 Å². The summed E-state index contributed by atoms with van der Waals surface area (Å²) < 4.78 is 2.63. The van der Waals surface area contributed by atoms with E-state index in [1.54, 1.807) is 26.2 Å². The molecular formula is C19H22N4O3. The molecule has 2 N–H and O–H groups in total. The Morgan fingerprint density at radius 2 is 1.92 bits per heavy atom. The van der Waals surface area contributed by atoms with E-state index in [9.17, 15) is 14.7 Å². The van der Waals surface area contributed by atoms with E-state index in [1.165, 1.54) is 9.13 Å². The van der Waals surface area contributed by atoms with Crippen molar-refractivity contribution in [2.24, 2.45) is 7.05 Å². The molecule has 0 fully saturated rings. The van der Waals surface area contributed by atoms with Crippen molar-refractivity contribution in [2.45, 2.75) is 26.1 Å². The summed E-state index contributed by atoms with van der Waals surface area (Å²) in [5.41, 5.74) is 1.24. The van der Waals surface area contributed by atoms with Crippen molar-refractivity contribution in [3.63, 3.8) is 0 Å². The number of aromatic nitrogens is 3. The molecule has 0 aliphatic rings. The molecule has 1 aromatic carbocycles. The van der Waals surface area contributed by atoms with Gasteiger partial charge in [-0.2, -0.15) is 0 Å². The lowest BCUT2D eigenvalue weighted by atomic mass is 10.1. The first-order valence-corrected chi connectivity index (χ1v) is 8.49. The van der Waals surface area contributed by atoms with Crippen LogP contribution in [0.4, 0.5) is 0 Å². The molecule has 2 heterocycles. The molecule has 0 aliphatic carbocycles. The van der Waals surface area contributed by atoms with Crippen LogP contribution in [0.1, 0.15) is 18.1 Å². The van der Waals surface area contributed by atoms with E-state index < -0.39 is 11.8 Å². The number of pyridine rings is 1. The van der Waals surface area contributed by atoms with Crippen molar-refractivity contribution < 1.29 is 5.11 Å². The van der Waals surface area contributed by atoms with E-state index in [0.717, 1.165) is 11.1 Å². The molecule has 0 saturated carbocycles. The normalized spacial score (nSPS) is 12.4. The van der Waals surface area contributed by atoms with Crippen LogP contribution in [0.5, 0.6) is 0 Å². The van der Waals surface area contributed by atoms with Gasteiger partial charge in [0, 0.05) is 26.3 Å². The highest BCUT2D eigenvalue weighted by Crippen LogP contribution is 2.11. The number of hydrogen-bond acceptors (Lipinski definition) is 5. The third-order valence-electron chi connectivity index (χ3n) is 4.25. The molecule has 0 spiro atoms. The number of nitrogens with zero attached hydrogens (tertiary/aromatic N) is 3. The number of aliphatic hydroxyl groups is 1. The summed E-state index contributed by atoms with van der Waals surface area (Å²) in [6.07, 6.45) is 1.10. The number of benzene rings is 1. The Kier molecular flexibility index (Phi) is 5.29. The van der Waals surface area contributed by atoms with Gasteiger partial charge in [-0.15, -0.1) is 0 Å². The smallest absolute Gasteiger partial charge is 0.332 e. The third-order valence-corrected chi connectivity index (χ3v) is 4.25. The molecule has 0 saturated heterocycles. The van der Waals surface area contributed by atoms with E-state index in [0.29, 0.717) is 24.1 Å². The maximum Gasteiger partial charge on any atom is 0.332 e. The number of aliphatic hydroxyl groups excluding tert-OH is 1. The first-order valence-electron chi connectivity index (χ1n) is 8.49. The van der Waals surface area contributed by atoms with E-state index in [-0.39, 0.29) is 12.1 Å².